The Balaban J connectivity index is 1.76. The lowest BCUT2D eigenvalue weighted by Crippen LogP contribution is -2.19. The Morgan fingerprint density at radius 2 is 2.14 bits per heavy atom. The zero-order valence-electron chi connectivity index (χ0n) is 11.5. The summed E-state index contributed by atoms with van der Waals surface area (Å²) in [5.41, 5.74) is 3.36. The lowest BCUT2D eigenvalue weighted by molar-refractivity contribution is -0.118. The molecule has 0 saturated heterocycles. The second-order valence-corrected chi connectivity index (χ2v) is 5.02. The molecule has 0 saturated carbocycles. The number of pyridine rings is 1. The lowest BCUT2D eigenvalue weighted by atomic mass is 10.2. The quantitative estimate of drug-likeness (QED) is 0.505. The van der Waals surface area contributed by atoms with Gasteiger partial charge in [0.25, 0.3) is 0 Å². The fourth-order valence-electron chi connectivity index (χ4n) is 1.47. The average Bonchev–Trinajstić information content (AvgIpc) is 2.54. The third-order valence-corrected chi connectivity index (χ3v) is 3.45. The number of rotatable bonds is 6. The Morgan fingerprint density at radius 3 is 2.81 bits per heavy atom. The van der Waals surface area contributed by atoms with E-state index in [0.29, 0.717) is 0 Å². The maximum absolute atomic E-state index is 11.6. The van der Waals surface area contributed by atoms with Gasteiger partial charge in [-0.15, -0.1) is 0 Å². The van der Waals surface area contributed by atoms with Crippen LogP contribution in [0.3, 0.4) is 0 Å². The Labute approximate surface area is 127 Å². The summed E-state index contributed by atoms with van der Waals surface area (Å²) in [5.74, 6) is 0.884. The highest BCUT2D eigenvalue weighted by Gasteiger charge is 2.01. The van der Waals surface area contributed by atoms with Crippen LogP contribution in [0.15, 0.2) is 58.8 Å². The number of benzene rings is 1. The van der Waals surface area contributed by atoms with Crippen molar-refractivity contribution in [3.05, 3.63) is 54.2 Å². The van der Waals surface area contributed by atoms with Gasteiger partial charge >= 0.3 is 0 Å². The van der Waals surface area contributed by atoms with Gasteiger partial charge in [0, 0.05) is 6.20 Å². The highest BCUT2D eigenvalue weighted by atomic mass is 32.2. The largest absolute Gasteiger partial charge is 0.497 e. The molecule has 0 aliphatic heterocycles. The number of hydrogen-bond acceptors (Lipinski definition) is 5. The van der Waals surface area contributed by atoms with Crippen molar-refractivity contribution in [3.63, 3.8) is 0 Å². The van der Waals surface area contributed by atoms with Crippen LogP contribution in [-0.4, -0.2) is 30.0 Å². The van der Waals surface area contributed by atoms with Crippen LogP contribution in [0, 0.1) is 0 Å². The summed E-state index contributed by atoms with van der Waals surface area (Å²) >= 11 is 1.37. The Bertz CT molecular complexity index is 600. The molecule has 5 nitrogen and oxygen atoms in total. The molecule has 0 fully saturated rings. The molecule has 0 atom stereocenters. The van der Waals surface area contributed by atoms with Crippen molar-refractivity contribution in [1.29, 1.82) is 0 Å². The molecule has 0 unspecified atom stereocenters. The molecule has 1 aromatic heterocycles. The summed E-state index contributed by atoms with van der Waals surface area (Å²) in [6.45, 7) is 0. The summed E-state index contributed by atoms with van der Waals surface area (Å²) in [6.07, 6.45) is 3.28. The number of hydrogen-bond donors (Lipinski definition) is 1. The van der Waals surface area contributed by atoms with Gasteiger partial charge in [0.15, 0.2) is 0 Å². The molecule has 0 aliphatic carbocycles. The fourth-order valence-corrected chi connectivity index (χ4v) is 2.13. The summed E-state index contributed by atoms with van der Waals surface area (Å²) in [4.78, 5) is 15.7. The summed E-state index contributed by atoms with van der Waals surface area (Å²) < 4.78 is 5.06. The second-order valence-electron chi connectivity index (χ2n) is 4.02. The zero-order chi connectivity index (χ0) is 14.9. The smallest absolute Gasteiger partial charge is 0.250 e. The molecule has 2 rings (SSSR count). The third-order valence-electron chi connectivity index (χ3n) is 2.51. The molecule has 0 aliphatic rings. The third kappa shape index (κ3) is 5.27. The highest BCUT2D eigenvalue weighted by molar-refractivity contribution is 7.99. The van der Waals surface area contributed by atoms with Crippen molar-refractivity contribution in [2.24, 2.45) is 5.10 Å². The standard InChI is InChI=1S/C15H15N3O2S/c1-20-13-7-5-12(6-8-13)10-17-18-14(19)11-21-15-4-2-3-9-16-15/h2-10H,11H2,1H3,(H,18,19). The Morgan fingerprint density at radius 1 is 1.33 bits per heavy atom. The number of amides is 1. The molecule has 1 N–H and O–H groups in total. The lowest BCUT2D eigenvalue weighted by Gasteiger charge is -2.00. The molecular formula is C15H15N3O2S. The Hall–Kier alpha value is -2.34. The van der Waals surface area contributed by atoms with Crippen molar-refractivity contribution in [2.45, 2.75) is 5.03 Å². The minimum Gasteiger partial charge on any atom is -0.497 e. The molecule has 6 heteroatoms. The first kappa shape index (κ1) is 15.1. The second kappa shape index (κ2) is 8.06. The summed E-state index contributed by atoms with van der Waals surface area (Å²) in [6, 6.07) is 13.0. The predicted molar refractivity (Wildman–Crippen MR) is 83.7 cm³/mol. The number of ether oxygens (including phenoxy) is 1. The number of aromatic nitrogens is 1. The van der Waals surface area contributed by atoms with E-state index >= 15 is 0 Å². The van der Waals surface area contributed by atoms with E-state index in [1.807, 2.05) is 42.5 Å². The molecular weight excluding hydrogens is 286 g/mol. The molecule has 0 radical (unpaired) electrons. The van der Waals surface area contributed by atoms with E-state index in [1.165, 1.54) is 11.8 Å². The van der Waals surface area contributed by atoms with E-state index in [4.69, 9.17) is 4.74 Å². The van der Waals surface area contributed by atoms with Gasteiger partial charge in [0.1, 0.15) is 5.75 Å². The summed E-state index contributed by atoms with van der Waals surface area (Å²) in [5, 5.41) is 4.72. The first-order valence-electron chi connectivity index (χ1n) is 6.28. The SMILES string of the molecule is COc1ccc(C=NNC(=O)CSc2ccccn2)cc1. The average molecular weight is 301 g/mol. The van der Waals surface area contributed by atoms with Crippen LogP contribution in [0.1, 0.15) is 5.56 Å². The predicted octanol–water partition coefficient (Wildman–Crippen LogP) is 2.33. The van der Waals surface area contributed by atoms with Crippen molar-refractivity contribution in [3.8, 4) is 5.75 Å². The van der Waals surface area contributed by atoms with E-state index in [1.54, 1.807) is 19.5 Å². The minimum absolute atomic E-state index is 0.171. The van der Waals surface area contributed by atoms with Crippen LogP contribution in [0.5, 0.6) is 5.75 Å². The van der Waals surface area contributed by atoms with Gasteiger partial charge in [-0.3, -0.25) is 4.79 Å². The Kier molecular flexibility index (Phi) is 5.78. The summed E-state index contributed by atoms with van der Waals surface area (Å²) in [7, 11) is 1.61. The number of nitrogens with one attached hydrogen (secondary N) is 1. The highest BCUT2D eigenvalue weighted by Crippen LogP contribution is 2.13. The monoisotopic (exact) mass is 301 g/mol. The van der Waals surface area contributed by atoms with Gasteiger partial charge in [-0.2, -0.15) is 5.10 Å². The van der Waals surface area contributed by atoms with E-state index in [-0.39, 0.29) is 11.7 Å². The first-order valence-corrected chi connectivity index (χ1v) is 7.26. The molecule has 108 valence electrons. The van der Waals surface area contributed by atoms with Crippen molar-refractivity contribution >= 4 is 23.9 Å². The number of carbonyl (C=O) groups excluding carboxylic acids is 1. The van der Waals surface area contributed by atoms with Gasteiger partial charge in [-0.25, -0.2) is 10.4 Å². The fraction of sp³-hybridized carbons (Fsp3) is 0.133. The maximum Gasteiger partial charge on any atom is 0.250 e. The van der Waals surface area contributed by atoms with Gasteiger partial charge < -0.3 is 4.74 Å². The molecule has 0 spiro atoms. The van der Waals surface area contributed by atoms with E-state index in [0.717, 1.165) is 16.3 Å². The first-order chi connectivity index (χ1) is 10.3. The number of nitrogens with zero attached hydrogens (tertiary/aromatic N) is 2. The molecule has 2 aromatic rings. The molecule has 1 aromatic carbocycles. The van der Waals surface area contributed by atoms with E-state index in [9.17, 15) is 4.79 Å². The normalized spacial score (nSPS) is 10.5. The van der Waals surface area contributed by atoms with Crippen LogP contribution in [-0.2, 0) is 4.79 Å². The van der Waals surface area contributed by atoms with Gasteiger partial charge in [-0.1, -0.05) is 17.8 Å². The van der Waals surface area contributed by atoms with Crippen molar-refractivity contribution in [1.82, 2.24) is 10.4 Å². The van der Waals surface area contributed by atoms with Crippen molar-refractivity contribution < 1.29 is 9.53 Å². The minimum atomic E-state index is -0.171. The zero-order valence-corrected chi connectivity index (χ0v) is 12.3. The van der Waals surface area contributed by atoms with Crippen LogP contribution in [0.25, 0.3) is 0 Å². The van der Waals surface area contributed by atoms with Gasteiger partial charge in [0.05, 0.1) is 24.1 Å². The topological polar surface area (TPSA) is 63.6 Å². The number of hydrazone groups is 1. The maximum atomic E-state index is 11.6. The molecule has 1 heterocycles. The van der Waals surface area contributed by atoms with Crippen molar-refractivity contribution in [2.75, 3.05) is 12.9 Å². The molecule has 0 bridgehead atoms. The number of thioether (sulfide) groups is 1. The number of methoxy groups -OCH3 is 1. The van der Waals surface area contributed by atoms with E-state index in [2.05, 4.69) is 15.5 Å². The van der Waals surface area contributed by atoms with Crippen LogP contribution >= 0.6 is 11.8 Å². The van der Waals surface area contributed by atoms with Crippen LogP contribution < -0.4 is 10.2 Å². The van der Waals surface area contributed by atoms with Gasteiger partial charge in [0.2, 0.25) is 5.91 Å². The van der Waals surface area contributed by atoms with Gasteiger partial charge in [-0.05, 0) is 42.0 Å². The van der Waals surface area contributed by atoms with Crippen LogP contribution in [0.2, 0.25) is 0 Å². The van der Waals surface area contributed by atoms with Crippen LogP contribution in [0.4, 0.5) is 0 Å². The van der Waals surface area contributed by atoms with E-state index < -0.39 is 0 Å². The molecule has 1 amide bonds. The number of carbonyl (C=O) groups is 1. The molecule has 21 heavy (non-hydrogen) atoms.